The van der Waals surface area contributed by atoms with Crippen LogP contribution < -0.4 is 10.1 Å². The first-order valence-electron chi connectivity index (χ1n) is 13.6. The lowest BCUT2D eigenvalue weighted by Gasteiger charge is -2.28. The molecule has 204 valence electrons. The Labute approximate surface area is 227 Å². The molecule has 7 heteroatoms. The molecule has 1 aliphatic carbocycles. The van der Waals surface area contributed by atoms with Crippen LogP contribution in [0.2, 0.25) is 0 Å². The van der Waals surface area contributed by atoms with E-state index in [4.69, 9.17) is 4.74 Å². The molecule has 3 aromatic rings. The Morgan fingerprint density at radius 2 is 1.77 bits per heavy atom. The van der Waals surface area contributed by atoms with Gasteiger partial charge in [0.05, 0.1) is 6.61 Å². The third-order valence-electron chi connectivity index (χ3n) is 7.32. The first kappa shape index (κ1) is 27.0. The standard InChI is InChI=1S/C32H33F3N2O2/c1-21-4-2-5-23(18-21)20-37(25-11-12-25)32(38)27-19-36-16-15-26(27)24-9-7-22(8-10-24)6-3-17-39-31-29(34)14-13-28(33)30(31)35/h2,4-5,7-10,13-14,18,25,36H,3,6,11-12,15-17,19-20H2,1H3. The lowest BCUT2D eigenvalue weighted by molar-refractivity contribution is -0.128. The minimum atomic E-state index is -1.31. The van der Waals surface area contributed by atoms with Crippen molar-refractivity contribution in [3.8, 4) is 5.75 Å². The largest absolute Gasteiger partial charge is 0.488 e. The molecule has 0 bridgehead atoms. The predicted molar refractivity (Wildman–Crippen MR) is 146 cm³/mol. The summed E-state index contributed by atoms with van der Waals surface area (Å²) in [6.45, 7) is 4.12. The van der Waals surface area contributed by atoms with E-state index < -0.39 is 23.2 Å². The highest BCUT2D eigenvalue weighted by molar-refractivity contribution is 6.02. The number of aryl methyl sites for hydroxylation is 2. The van der Waals surface area contributed by atoms with Crippen LogP contribution in [0.15, 0.2) is 66.2 Å². The number of halogens is 3. The molecule has 1 aliphatic heterocycles. The Bertz CT molecular complexity index is 1370. The number of hydrogen-bond acceptors (Lipinski definition) is 3. The first-order chi connectivity index (χ1) is 18.9. The second kappa shape index (κ2) is 12.1. The van der Waals surface area contributed by atoms with Crippen molar-refractivity contribution in [2.75, 3.05) is 19.7 Å². The predicted octanol–water partition coefficient (Wildman–Crippen LogP) is 6.36. The minimum absolute atomic E-state index is 0.0620. The zero-order valence-electron chi connectivity index (χ0n) is 22.1. The highest BCUT2D eigenvalue weighted by Gasteiger charge is 2.35. The van der Waals surface area contributed by atoms with Gasteiger partial charge in [-0.1, -0.05) is 54.1 Å². The maximum absolute atomic E-state index is 13.8. The van der Waals surface area contributed by atoms with E-state index in [2.05, 4.69) is 30.4 Å². The summed E-state index contributed by atoms with van der Waals surface area (Å²) >= 11 is 0. The molecule has 1 N–H and O–H groups in total. The maximum Gasteiger partial charge on any atom is 0.251 e. The van der Waals surface area contributed by atoms with Crippen molar-refractivity contribution in [1.29, 1.82) is 0 Å². The van der Waals surface area contributed by atoms with Gasteiger partial charge in [0.1, 0.15) is 0 Å². The molecule has 1 amide bonds. The number of hydrogen-bond donors (Lipinski definition) is 1. The van der Waals surface area contributed by atoms with E-state index in [-0.39, 0.29) is 12.5 Å². The van der Waals surface area contributed by atoms with Gasteiger partial charge in [-0.2, -0.15) is 4.39 Å². The third kappa shape index (κ3) is 6.53. The first-order valence-corrected chi connectivity index (χ1v) is 13.6. The molecule has 3 aromatic carbocycles. The van der Waals surface area contributed by atoms with Gasteiger partial charge >= 0.3 is 0 Å². The van der Waals surface area contributed by atoms with E-state index >= 15 is 0 Å². The maximum atomic E-state index is 13.8. The molecule has 1 saturated carbocycles. The Hall–Kier alpha value is -3.58. The zero-order chi connectivity index (χ0) is 27.4. The molecule has 5 rings (SSSR count). The van der Waals surface area contributed by atoms with Crippen molar-refractivity contribution in [1.82, 2.24) is 10.2 Å². The van der Waals surface area contributed by atoms with E-state index in [1.165, 1.54) is 5.56 Å². The molecule has 39 heavy (non-hydrogen) atoms. The van der Waals surface area contributed by atoms with Crippen LogP contribution in [0.25, 0.3) is 5.57 Å². The number of nitrogens with zero attached hydrogens (tertiary/aromatic N) is 1. The van der Waals surface area contributed by atoms with E-state index in [0.29, 0.717) is 32.0 Å². The number of carbonyl (C=O) groups is 1. The Morgan fingerprint density at radius 3 is 2.51 bits per heavy atom. The van der Waals surface area contributed by atoms with Crippen molar-refractivity contribution >= 4 is 11.5 Å². The van der Waals surface area contributed by atoms with Crippen LogP contribution in [-0.4, -0.2) is 36.5 Å². The summed E-state index contributed by atoms with van der Waals surface area (Å²) in [5, 5.41) is 3.38. The van der Waals surface area contributed by atoms with Gasteiger partial charge in [0, 0.05) is 24.7 Å². The molecule has 0 aromatic heterocycles. The van der Waals surface area contributed by atoms with Crippen LogP contribution in [0.5, 0.6) is 5.75 Å². The van der Waals surface area contributed by atoms with Gasteiger partial charge in [0.15, 0.2) is 17.4 Å². The van der Waals surface area contributed by atoms with Crippen LogP contribution >= 0.6 is 0 Å². The number of carbonyl (C=O) groups excluding carboxylic acids is 1. The van der Waals surface area contributed by atoms with Crippen molar-refractivity contribution < 1.29 is 22.7 Å². The van der Waals surface area contributed by atoms with Crippen molar-refractivity contribution in [2.24, 2.45) is 0 Å². The fourth-order valence-electron chi connectivity index (χ4n) is 5.11. The SMILES string of the molecule is Cc1cccc(CN(C(=O)C2=C(c3ccc(CCCOc4c(F)ccc(F)c4F)cc3)CCNC2)C2CC2)c1. The number of rotatable bonds is 10. The van der Waals surface area contributed by atoms with Gasteiger partial charge in [-0.05, 0) is 80.0 Å². The minimum Gasteiger partial charge on any atom is -0.488 e. The van der Waals surface area contributed by atoms with Gasteiger partial charge in [-0.25, -0.2) is 8.78 Å². The van der Waals surface area contributed by atoms with Crippen LogP contribution in [0.3, 0.4) is 0 Å². The van der Waals surface area contributed by atoms with Crippen molar-refractivity contribution in [3.05, 3.63) is 106 Å². The van der Waals surface area contributed by atoms with Crippen LogP contribution in [0, 0.1) is 24.4 Å². The number of ether oxygens (including phenoxy) is 1. The molecule has 0 radical (unpaired) electrons. The normalized spacial score (nSPS) is 15.4. The van der Waals surface area contributed by atoms with Gasteiger partial charge in [0.25, 0.3) is 5.91 Å². The summed E-state index contributed by atoms with van der Waals surface area (Å²) in [6, 6.07) is 18.3. The van der Waals surface area contributed by atoms with Crippen molar-refractivity contribution in [2.45, 2.75) is 51.6 Å². The summed E-state index contributed by atoms with van der Waals surface area (Å²) < 4.78 is 46.0. The van der Waals surface area contributed by atoms with Gasteiger partial charge in [0.2, 0.25) is 5.82 Å². The molecule has 4 nitrogen and oxygen atoms in total. The molecule has 1 heterocycles. The number of nitrogens with one attached hydrogen (secondary N) is 1. The highest BCUT2D eigenvalue weighted by Crippen LogP contribution is 2.33. The van der Waals surface area contributed by atoms with Gasteiger partial charge in [-0.3, -0.25) is 4.79 Å². The molecular weight excluding hydrogens is 501 g/mol. The molecule has 2 aliphatic rings. The molecule has 0 unspecified atom stereocenters. The summed E-state index contributed by atoms with van der Waals surface area (Å²) in [5.41, 5.74) is 6.34. The average molecular weight is 535 g/mol. The van der Waals surface area contributed by atoms with E-state index in [1.807, 2.05) is 35.2 Å². The molecule has 0 atom stereocenters. The highest BCUT2D eigenvalue weighted by atomic mass is 19.2. The summed E-state index contributed by atoms with van der Waals surface area (Å²) in [6.07, 6.45) is 4.02. The van der Waals surface area contributed by atoms with E-state index in [1.54, 1.807) is 0 Å². The molecule has 0 saturated heterocycles. The molecular formula is C32H33F3N2O2. The molecule has 0 spiro atoms. The van der Waals surface area contributed by atoms with Crippen LogP contribution in [0.4, 0.5) is 13.2 Å². The van der Waals surface area contributed by atoms with Crippen LogP contribution in [-0.2, 0) is 17.8 Å². The summed E-state index contributed by atoms with van der Waals surface area (Å²) in [7, 11) is 0. The van der Waals surface area contributed by atoms with E-state index in [9.17, 15) is 18.0 Å². The summed E-state index contributed by atoms with van der Waals surface area (Å²) in [5.74, 6) is -3.93. The number of benzene rings is 3. The smallest absolute Gasteiger partial charge is 0.251 e. The molecule has 1 fully saturated rings. The van der Waals surface area contributed by atoms with E-state index in [0.717, 1.165) is 65.8 Å². The second-order valence-electron chi connectivity index (χ2n) is 10.4. The topological polar surface area (TPSA) is 41.6 Å². The third-order valence-corrected chi connectivity index (χ3v) is 7.32. The average Bonchev–Trinajstić information content (AvgIpc) is 3.79. The number of amides is 1. The zero-order valence-corrected chi connectivity index (χ0v) is 22.1. The van der Waals surface area contributed by atoms with Crippen molar-refractivity contribution in [3.63, 3.8) is 0 Å². The monoisotopic (exact) mass is 534 g/mol. The van der Waals surface area contributed by atoms with Gasteiger partial charge in [-0.15, -0.1) is 0 Å². The summed E-state index contributed by atoms with van der Waals surface area (Å²) in [4.78, 5) is 15.9. The fraction of sp³-hybridized carbons (Fsp3) is 0.344. The van der Waals surface area contributed by atoms with Gasteiger partial charge < -0.3 is 15.0 Å². The quantitative estimate of drug-likeness (QED) is 0.243. The second-order valence-corrected chi connectivity index (χ2v) is 10.4. The fourth-order valence-corrected chi connectivity index (χ4v) is 5.11. The van der Waals surface area contributed by atoms with Crippen LogP contribution in [0.1, 0.15) is 47.9 Å². The Balaban J connectivity index is 1.25. The Kier molecular flexibility index (Phi) is 8.36. The Morgan fingerprint density at radius 1 is 1.00 bits per heavy atom. The lowest BCUT2D eigenvalue weighted by Crippen LogP contribution is -2.39. The lowest BCUT2D eigenvalue weighted by atomic mass is 9.92.